The lowest BCUT2D eigenvalue weighted by Gasteiger charge is -2.35. The molecule has 4 aromatic rings. The normalized spacial score (nSPS) is 17.9. The van der Waals surface area contributed by atoms with Gasteiger partial charge in [-0.2, -0.15) is 0 Å². The van der Waals surface area contributed by atoms with Gasteiger partial charge in [-0.3, -0.25) is 14.5 Å². The van der Waals surface area contributed by atoms with Crippen molar-refractivity contribution in [2.75, 3.05) is 10.2 Å². The first-order chi connectivity index (χ1) is 21.1. The first-order valence-electron chi connectivity index (χ1n) is 15.4. The molecule has 0 spiro atoms. The number of carbonyl (C=O) groups excluding carboxylic acids is 2. The number of rotatable bonds is 9. The fourth-order valence-electron chi connectivity index (χ4n) is 6.37. The molecule has 0 aromatic heterocycles. The monoisotopic (exact) mass is 570 g/mol. The highest BCUT2D eigenvalue weighted by Crippen LogP contribution is 2.48. The number of allylic oxidation sites excluding steroid dienone is 1. The summed E-state index contributed by atoms with van der Waals surface area (Å²) in [6.45, 7) is 2.60. The maximum atomic E-state index is 14.3. The van der Waals surface area contributed by atoms with E-state index < -0.39 is 6.04 Å². The van der Waals surface area contributed by atoms with E-state index in [2.05, 4.69) is 30.4 Å². The molecule has 1 aliphatic heterocycles. The minimum atomic E-state index is -0.500. The van der Waals surface area contributed by atoms with Crippen LogP contribution in [0.25, 0.3) is 0 Å². The second kappa shape index (κ2) is 13.1. The smallest absolute Gasteiger partial charge is 0.227 e. The van der Waals surface area contributed by atoms with Gasteiger partial charge in [-0.15, -0.1) is 0 Å². The number of hydrogen-bond acceptors (Lipinski definition) is 4. The number of Topliss-reactive ketones (excluding diaryl/α,β-unsaturated/α-hetero) is 1. The number of unbranched alkanes of at least 4 members (excludes halogenated alkanes) is 2. The molecule has 1 N–H and O–H groups in total. The number of ketones is 1. The lowest BCUT2D eigenvalue weighted by atomic mass is 9.78. The van der Waals surface area contributed by atoms with Gasteiger partial charge in [0.15, 0.2) is 5.78 Å². The first-order valence-corrected chi connectivity index (χ1v) is 15.4. The summed E-state index contributed by atoms with van der Waals surface area (Å²) in [6, 6.07) is 35.6. The molecule has 0 saturated heterocycles. The van der Waals surface area contributed by atoms with Crippen LogP contribution in [0.3, 0.4) is 0 Å². The van der Waals surface area contributed by atoms with E-state index in [4.69, 9.17) is 4.74 Å². The van der Waals surface area contributed by atoms with Crippen molar-refractivity contribution in [3.63, 3.8) is 0 Å². The second-order valence-corrected chi connectivity index (χ2v) is 11.4. The number of hydrogen-bond donors (Lipinski definition) is 1. The van der Waals surface area contributed by atoms with Gasteiger partial charge in [0, 0.05) is 30.0 Å². The Kier molecular flexibility index (Phi) is 8.69. The Hall–Kier alpha value is -4.64. The van der Waals surface area contributed by atoms with Gasteiger partial charge in [0.25, 0.3) is 0 Å². The highest BCUT2D eigenvalue weighted by atomic mass is 16.5. The summed E-state index contributed by atoms with van der Waals surface area (Å²) < 4.78 is 6.31. The van der Waals surface area contributed by atoms with Gasteiger partial charge in [-0.1, -0.05) is 111 Å². The third-order valence-electron chi connectivity index (χ3n) is 8.46. The van der Waals surface area contributed by atoms with Gasteiger partial charge >= 0.3 is 0 Å². The molecular formula is C38H38N2O3. The fourth-order valence-corrected chi connectivity index (χ4v) is 6.37. The number of fused-ring (bicyclic) bond motifs is 1. The van der Waals surface area contributed by atoms with Crippen molar-refractivity contribution in [3.05, 3.63) is 137 Å². The van der Waals surface area contributed by atoms with Crippen molar-refractivity contribution in [1.82, 2.24) is 0 Å². The first kappa shape index (κ1) is 28.5. The van der Waals surface area contributed by atoms with Gasteiger partial charge < -0.3 is 10.1 Å². The third kappa shape index (κ3) is 6.12. The zero-order valence-corrected chi connectivity index (χ0v) is 24.7. The molecule has 0 radical (unpaired) electrons. The van der Waals surface area contributed by atoms with Crippen LogP contribution in [0.2, 0.25) is 0 Å². The number of nitrogens with one attached hydrogen (secondary N) is 1. The van der Waals surface area contributed by atoms with Crippen LogP contribution in [0.4, 0.5) is 11.4 Å². The SMILES string of the molecule is CCCCCC(=O)N1c2ccccc2NC2=C(C(=O)CC(c3ccccc3OCc3ccccc3)C2)C1c1ccccc1. The molecular weight excluding hydrogens is 532 g/mol. The summed E-state index contributed by atoms with van der Waals surface area (Å²) in [6.07, 6.45) is 4.29. The fraction of sp³-hybridized carbons (Fsp3) is 0.263. The molecule has 1 heterocycles. The maximum Gasteiger partial charge on any atom is 0.227 e. The van der Waals surface area contributed by atoms with E-state index in [1.165, 1.54) is 0 Å². The largest absolute Gasteiger partial charge is 0.489 e. The van der Waals surface area contributed by atoms with Crippen LogP contribution < -0.4 is 15.0 Å². The van der Waals surface area contributed by atoms with Gasteiger partial charge in [-0.25, -0.2) is 0 Å². The molecule has 5 heteroatoms. The van der Waals surface area contributed by atoms with Crippen LogP contribution in [0.15, 0.2) is 120 Å². The van der Waals surface area contributed by atoms with Crippen molar-refractivity contribution >= 4 is 23.1 Å². The molecule has 0 saturated carbocycles. The maximum absolute atomic E-state index is 14.3. The van der Waals surface area contributed by atoms with Gasteiger partial charge in [-0.05, 0) is 47.7 Å². The number of amides is 1. The zero-order chi connectivity index (χ0) is 29.6. The van der Waals surface area contributed by atoms with Crippen molar-refractivity contribution in [1.29, 1.82) is 0 Å². The van der Waals surface area contributed by atoms with E-state index in [-0.39, 0.29) is 17.6 Å². The zero-order valence-electron chi connectivity index (χ0n) is 24.7. The van der Waals surface area contributed by atoms with Gasteiger partial charge in [0.05, 0.1) is 17.4 Å². The predicted octanol–water partition coefficient (Wildman–Crippen LogP) is 8.75. The minimum absolute atomic E-state index is 0.0416. The lowest BCUT2D eigenvalue weighted by Crippen LogP contribution is -2.38. The lowest BCUT2D eigenvalue weighted by molar-refractivity contribution is -0.119. The van der Waals surface area contributed by atoms with E-state index in [0.717, 1.165) is 58.8 Å². The number of anilines is 2. The summed E-state index contributed by atoms with van der Waals surface area (Å²) in [5, 5.41) is 3.64. The number of benzene rings is 4. The molecule has 1 aliphatic carbocycles. The molecule has 1 amide bonds. The van der Waals surface area contributed by atoms with Crippen LogP contribution in [0, 0.1) is 0 Å². The second-order valence-electron chi connectivity index (χ2n) is 11.4. The van der Waals surface area contributed by atoms with E-state index in [0.29, 0.717) is 31.4 Å². The molecule has 2 unspecified atom stereocenters. The predicted molar refractivity (Wildman–Crippen MR) is 172 cm³/mol. The van der Waals surface area contributed by atoms with Gasteiger partial charge in [0.2, 0.25) is 5.91 Å². The van der Waals surface area contributed by atoms with Crippen molar-refractivity contribution in [2.45, 2.75) is 64.0 Å². The van der Waals surface area contributed by atoms with E-state index in [1.54, 1.807) is 0 Å². The average molecular weight is 571 g/mol. The summed E-state index contributed by atoms with van der Waals surface area (Å²) in [5.74, 6) is 0.847. The topological polar surface area (TPSA) is 58.6 Å². The summed E-state index contributed by atoms with van der Waals surface area (Å²) in [5.41, 5.74) is 6.28. The Balaban J connectivity index is 1.40. The Morgan fingerprint density at radius 1 is 0.837 bits per heavy atom. The van der Waals surface area contributed by atoms with E-state index in [1.807, 2.05) is 95.9 Å². The molecule has 6 rings (SSSR count). The molecule has 2 aliphatic rings. The number of nitrogens with zero attached hydrogens (tertiary/aromatic N) is 1. The molecule has 0 fully saturated rings. The van der Waals surface area contributed by atoms with Crippen molar-refractivity contribution in [3.8, 4) is 5.75 Å². The number of ether oxygens (including phenoxy) is 1. The molecule has 0 bridgehead atoms. The third-order valence-corrected chi connectivity index (χ3v) is 8.46. The quantitative estimate of drug-likeness (QED) is 0.204. The van der Waals surface area contributed by atoms with Gasteiger partial charge in [0.1, 0.15) is 12.4 Å². The van der Waals surface area contributed by atoms with Crippen LogP contribution in [0.1, 0.15) is 74.1 Å². The highest BCUT2D eigenvalue weighted by Gasteiger charge is 2.41. The standard InChI is InChI=1S/C38H38N2O3/c1-2-3-6-23-36(42)40-33-21-13-12-20-31(33)39-32-24-29(25-34(41)37(32)38(40)28-17-9-5-10-18-28)30-19-11-14-22-35(30)43-26-27-15-7-4-8-16-27/h4-5,7-22,29,38-39H,2-3,6,23-26H2,1H3. The molecule has 4 aromatic carbocycles. The van der Waals surface area contributed by atoms with Crippen LogP contribution in [-0.4, -0.2) is 11.7 Å². The molecule has 43 heavy (non-hydrogen) atoms. The Morgan fingerprint density at radius 2 is 1.53 bits per heavy atom. The average Bonchev–Trinajstić information content (AvgIpc) is 3.20. The molecule has 218 valence electrons. The van der Waals surface area contributed by atoms with Crippen LogP contribution >= 0.6 is 0 Å². The Bertz CT molecular complexity index is 1610. The highest BCUT2D eigenvalue weighted by molar-refractivity contribution is 6.06. The number of para-hydroxylation sites is 3. The summed E-state index contributed by atoms with van der Waals surface area (Å²) in [7, 11) is 0. The summed E-state index contributed by atoms with van der Waals surface area (Å²) in [4.78, 5) is 30.2. The van der Waals surface area contributed by atoms with Crippen molar-refractivity contribution in [2.24, 2.45) is 0 Å². The minimum Gasteiger partial charge on any atom is -0.489 e. The Morgan fingerprint density at radius 3 is 2.33 bits per heavy atom. The van der Waals surface area contributed by atoms with Crippen LogP contribution in [0.5, 0.6) is 5.75 Å². The Labute approximate surface area is 254 Å². The molecule has 2 atom stereocenters. The van der Waals surface area contributed by atoms with Crippen LogP contribution in [-0.2, 0) is 16.2 Å². The van der Waals surface area contributed by atoms with E-state index in [9.17, 15) is 9.59 Å². The van der Waals surface area contributed by atoms with Crippen molar-refractivity contribution < 1.29 is 14.3 Å². The number of carbonyl (C=O) groups is 2. The van der Waals surface area contributed by atoms with E-state index >= 15 is 0 Å². The summed E-state index contributed by atoms with van der Waals surface area (Å²) >= 11 is 0. The molecule has 5 nitrogen and oxygen atoms in total.